The van der Waals surface area contributed by atoms with Crippen LogP contribution in [-0.2, 0) is 6.54 Å². The lowest BCUT2D eigenvalue weighted by Crippen LogP contribution is -2.37. The molecule has 1 saturated carbocycles. The van der Waals surface area contributed by atoms with Gasteiger partial charge in [-0.1, -0.05) is 20.3 Å². The first-order chi connectivity index (χ1) is 10.0. The summed E-state index contributed by atoms with van der Waals surface area (Å²) in [7, 11) is 3.37. The van der Waals surface area contributed by atoms with E-state index in [1.165, 1.54) is 29.7 Å². The minimum absolute atomic E-state index is 0.399. The molecule has 0 radical (unpaired) electrons. The lowest BCUT2D eigenvalue weighted by Gasteiger charge is -2.28. The normalized spacial score (nSPS) is 20.5. The monoisotopic (exact) mass is 309 g/mol. The second-order valence-electron chi connectivity index (χ2n) is 6.33. The predicted octanol–water partition coefficient (Wildman–Crippen LogP) is 4.09. The summed E-state index contributed by atoms with van der Waals surface area (Å²) in [5.74, 6) is 1.60. The highest BCUT2D eigenvalue weighted by Gasteiger charge is 2.33. The highest BCUT2D eigenvalue weighted by molar-refractivity contribution is 7.98. The molecular formula is C17H27NO2S. The van der Waals surface area contributed by atoms with Crippen molar-refractivity contribution in [2.24, 2.45) is 5.41 Å². The number of rotatable bonds is 6. The van der Waals surface area contributed by atoms with Crippen LogP contribution in [0, 0.1) is 5.41 Å². The van der Waals surface area contributed by atoms with Gasteiger partial charge in [-0.3, -0.25) is 0 Å². The predicted molar refractivity (Wildman–Crippen MR) is 89.6 cm³/mol. The van der Waals surface area contributed by atoms with E-state index in [1.54, 1.807) is 26.0 Å². The fourth-order valence-corrected chi connectivity index (χ4v) is 3.79. The Bertz CT molecular complexity index is 488. The van der Waals surface area contributed by atoms with Gasteiger partial charge in [0.25, 0.3) is 0 Å². The maximum absolute atomic E-state index is 5.43. The molecule has 0 amide bonds. The van der Waals surface area contributed by atoms with E-state index in [9.17, 15) is 0 Å². The Balaban J connectivity index is 2.15. The molecule has 1 aliphatic carbocycles. The van der Waals surface area contributed by atoms with Crippen molar-refractivity contribution in [3.8, 4) is 11.5 Å². The molecule has 0 aromatic heterocycles. The molecule has 0 bridgehead atoms. The summed E-state index contributed by atoms with van der Waals surface area (Å²) < 4.78 is 10.8. The first kappa shape index (κ1) is 16.5. The molecular weight excluding hydrogens is 282 g/mol. The lowest BCUT2D eigenvalue weighted by atomic mass is 9.87. The molecule has 1 unspecified atom stereocenters. The van der Waals surface area contributed by atoms with Crippen molar-refractivity contribution < 1.29 is 9.47 Å². The van der Waals surface area contributed by atoms with E-state index in [0.29, 0.717) is 11.5 Å². The van der Waals surface area contributed by atoms with Crippen LogP contribution in [-0.4, -0.2) is 26.5 Å². The Morgan fingerprint density at radius 2 is 1.90 bits per heavy atom. The third-order valence-corrected chi connectivity index (χ3v) is 5.40. The molecule has 0 heterocycles. The van der Waals surface area contributed by atoms with Crippen LogP contribution in [0.2, 0.25) is 0 Å². The van der Waals surface area contributed by atoms with E-state index >= 15 is 0 Å². The number of methoxy groups -OCH3 is 2. The topological polar surface area (TPSA) is 30.5 Å². The SMILES string of the molecule is COc1cc(CNC2CCCC2(C)C)c(SC)cc1OC. The van der Waals surface area contributed by atoms with Crippen LogP contribution in [0.15, 0.2) is 17.0 Å². The van der Waals surface area contributed by atoms with Gasteiger partial charge in [0.2, 0.25) is 0 Å². The minimum Gasteiger partial charge on any atom is -0.493 e. The molecule has 2 rings (SSSR count). The lowest BCUT2D eigenvalue weighted by molar-refractivity contribution is 0.282. The van der Waals surface area contributed by atoms with Crippen molar-refractivity contribution in [3.05, 3.63) is 17.7 Å². The molecule has 21 heavy (non-hydrogen) atoms. The Kier molecular flexibility index (Phi) is 5.44. The fourth-order valence-electron chi connectivity index (χ4n) is 3.17. The van der Waals surface area contributed by atoms with Gasteiger partial charge in [-0.05, 0) is 42.2 Å². The zero-order valence-electron chi connectivity index (χ0n) is 13.8. The first-order valence-corrected chi connectivity index (χ1v) is 8.76. The quantitative estimate of drug-likeness (QED) is 0.802. The van der Waals surface area contributed by atoms with Crippen LogP contribution < -0.4 is 14.8 Å². The van der Waals surface area contributed by atoms with Gasteiger partial charge in [0.1, 0.15) is 0 Å². The summed E-state index contributed by atoms with van der Waals surface area (Å²) in [5.41, 5.74) is 1.68. The number of benzene rings is 1. The van der Waals surface area contributed by atoms with Gasteiger partial charge in [-0.2, -0.15) is 0 Å². The van der Waals surface area contributed by atoms with Crippen molar-refractivity contribution in [1.82, 2.24) is 5.32 Å². The molecule has 1 atom stereocenters. The number of nitrogens with one attached hydrogen (secondary N) is 1. The third kappa shape index (κ3) is 3.67. The van der Waals surface area contributed by atoms with E-state index in [0.717, 1.165) is 18.0 Å². The van der Waals surface area contributed by atoms with Crippen molar-refractivity contribution in [3.63, 3.8) is 0 Å². The molecule has 0 aliphatic heterocycles. The summed E-state index contributed by atoms with van der Waals surface area (Å²) in [6, 6.07) is 4.76. The molecule has 0 spiro atoms. The average molecular weight is 309 g/mol. The molecule has 0 saturated heterocycles. The number of hydrogen-bond donors (Lipinski definition) is 1. The summed E-state index contributed by atoms with van der Waals surface area (Å²) in [6.45, 7) is 5.61. The number of ether oxygens (including phenoxy) is 2. The summed E-state index contributed by atoms with van der Waals surface area (Å²) in [5, 5.41) is 3.74. The minimum atomic E-state index is 0.399. The van der Waals surface area contributed by atoms with Crippen LogP contribution in [0.1, 0.15) is 38.7 Å². The van der Waals surface area contributed by atoms with Crippen LogP contribution >= 0.6 is 11.8 Å². The van der Waals surface area contributed by atoms with Crippen LogP contribution in [0.3, 0.4) is 0 Å². The zero-order chi connectivity index (χ0) is 15.5. The van der Waals surface area contributed by atoms with Gasteiger partial charge >= 0.3 is 0 Å². The smallest absolute Gasteiger partial charge is 0.161 e. The van der Waals surface area contributed by atoms with E-state index in [-0.39, 0.29) is 0 Å². The van der Waals surface area contributed by atoms with E-state index in [4.69, 9.17) is 9.47 Å². The first-order valence-electron chi connectivity index (χ1n) is 7.54. The average Bonchev–Trinajstić information content (AvgIpc) is 2.82. The van der Waals surface area contributed by atoms with E-state index < -0.39 is 0 Å². The van der Waals surface area contributed by atoms with Gasteiger partial charge in [0.15, 0.2) is 11.5 Å². The van der Waals surface area contributed by atoms with Gasteiger partial charge in [-0.25, -0.2) is 0 Å². The Morgan fingerprint density at radius 1 is 1.24 bits per heavy atom. The van der Waals surface area contributed by atoms with Crippen LogP contribution in [0.25, 0.3) is 0 Å². The van der Waals surface area contributed by atoms with Gasteiger partial charge in [-0.15, -0.1) is 11.8 Å². The molecule has 1 N–H and O–H groups in total. The molecule has 1 aromatic carbocycles. The van der Waals surface area contributed by atoms with E-state index in [2.05, 4.69) is 37.6 Å². The summed E-state index contributed by atoms with van der Waals surface area (Å²) in [4.78, 5) is 1.25. The highest BCUT2D eigenvalue weighted by Crippen LogP contribution is 2.38. The second kappa shape index (κ2) is 6.93. The van der Waals surface area contributed by atoms with Crippen molar-refractivity contribution in [1.29, 1.82) is 0 Å². The molecule has 1 aromatic rings. The number of hydrogen-bond acceptors (Lipinski definition) is 4. The van der Waals surface area contributed by atoms with Crippen molar-refractivity contribution in [2.45, 2.75) is 50.6 Å². The zero-order valence-corrected chi connectivity index (χ0v) is 14.6. The second-order valence-corrected chi connectivity index (χ2v) is 7.18. The van der Waals surface area contributed by atoms with Gasteiger partial charge < -0.3 is 14.8 Å². The molecule has 118 valence electrons. The molecule has 1 aliphatic rings. The third-order valence-electron chi connectivity index (χ3n) is 4.58. The Hall–Kier alpha value is -0.870. The highest BCUT2D eigenvalue weighted by atomic mass is 32.2. The molecule has 3 nitrogen and oxygen atoms in total. The number of thioether (sulfide) groups is 1. The fraction of sp³-hybridized carbons (Fsp3) is 0.647. The standard InChI is InChI=1S/C17H27NO2S/c1-17(2)8-6-7-16(17)18-11-12-9-13(19-3)14(20-4)10-15(12)21-5/h9-10,16,18H,6-8,11H2,1-5H3. The summed E-state index contributed by atoms with van der Waals surface area (Å²) >= 11 is 1.75. The van der Waals surface area contributed by atoms with Crippen molar-refractivity contribution >= 4 is 11.8 Å². The largest absolute Gasteiger partial charge is 0.493 e. The van der Waals surface area contributed by atoms with Gasteiger partial charge in [0, 0.05) is 17.5 Å². The van der Waals surface area contributed by atoms with Gasteiger partial charge in [0.05, 0.1) is 14.2 Å². The maximum Gasteiger partial charge on any atom is 0.161 e. The summed E-state index contributed by atoms with van der Waals surface area (Å²) in [6.07, 6.45) is 6.01. The molecule has 4 heteroatoms. The van der Waals surface area contributed by atoms with Crippen LogP contribution in [0.5, 0.6) is 11.5 Å². The maximum atomic E-state index is 5.43. The Labute approximate surface area is 132 Å². The molecule has 1 fully saturated rings. The Morgan fingerprint density at radius 3 is 2.43 bits per heavy atom. The van der Waals surface area contributed by atoms with E-state index in [1.807, 2.05) is 0 Å². The van der Waals surface area contributed by atoms with Crippen molar-refractivity contribution in [2.75, 3.05) is 20.5 Å². The van der Waals surface area contributed by atoms with Crippen LogP contribution in [0.4, 0.5) is 0 Å².